The van der Waals surface area contributed by atoms with Crippen molar-refractivity contribution >= 4 is 26.0 Å². The van der Waals surface area contributed by atoms with Gasteiger partial charge in [-0.3, -0.25) is 0 Å². The normalized spacial score (nSPS) is 11.7. The second kappa shape index (κ2) is 6.44. The molecule has 0 unspecified atom stereocenters. The first kappa shape index (κ1) is 14.6. The maximum absolute atomic E-state index is 13.4. The van der Waals surface area contributed by atoms with E-state index >= 15 is 0 Å². The highest BCUT2D eigenvalue weighted by Crippen LogP contribution is 2.14. The number of sulfonamides is 1. The molecule has 0 spiro atoms. The first-order chi connectivity index (χ1) is 7.88. The van der Waals surface area contributed by atoms with Crippen molar-refractivity contribution in [2.45, 2.75) is 6.54 Å². The average Bonchev–Trinajstić information content (AvgIpc) is 2.18. The predicted octanol–water partition coefficient (Wildman–Crippen LogP) is 1.23. The van der Waals surface area contributed by atoms with Crippen LogP contribution in [-0.4, -0.2) is 27.8 Å². The van der Waals surface area contributed by atoms with Crippen molar-refractivity contribution in [3.63, 3.8) is 0 Å². The quantitative estimate of drug-likeness (QED) is 0.774. The fourth-order valence-electron chi connectivity index (χ4n) is 1.21. The Morgan fingerprint density at radius 1 is 1.35 bits per heavy atom. The van der Waals surface area contributed by atoms with Crippen molar-refractivity contribution in [3.05, 3.63) is 34.1 Å². The lowest BCUT2D eigenvalue weighted by Crippen LogP contribution is -2.30. The molecule has 1 aromatic carbocycles. The molecule has 96 valence electrons. The van der Waals surface area contributed by atoms with Gasteiger partial charge in [0.25, 0.3) is 0 Å². The van der Waals surface area contributed by atoms with Crippen LogP contribution in [0.3, 0.4) is 0 Å². The van der Waals surface area contributed by atoms with Crippen LogP contribution in [0.15, 0.2) is 22.7 Å². The van der Waals surface area contributed by atoms with Gasteiger partial charge in [-0.25, -0.2) is 17.5 Å². The van der Waals surface area contributed by atoms with E-state index in [1.807, 2.05) is 0 Å². The van der Waals surface area contributed by atoms with E-state index in [2.05, 4.69) is 26.0 Å². The lowest BCUT2D eigenvalue weighted by Gasteiger charge is -2.06. The minimum absolute atomic E-state index is 0.289. The maximum Gasteiger partial charge on any atom is 0.208 e. The SMILES string of the molecule is CS(=O)(=O)NCCNCc1ccc(Br)cc1F. The van der Waals surface area contributed by atoms with Crippen LogP contribution in [-0.2, 0) is 16.6 Å². The fraction of sp³-hybridized carbons (Fsp3) is 0.400. The van der Waals surface area contributed by atoms with Crippen LogP contribution in [0.2, 0.25) is 0 Å². The van der Waals surface area contributed by atoms with Gasteiger partial charge in [-0.1, -0.05) is 22.0 Å². The highest BCUT2D eigenvalue weighted by atomic mass is 79.9. The molecule has 7 heteroatoms. The first-order valence-corrected chi connectivity index (χ1v) is 7.66. The van der Waals surface area contributed by atoms with Crippen molar-refractivity contribution < 1.29 is 12.8 Å². The molecule has 0 bridgehead atoms. The molecule has 0 aromatic heterocycles. The molecule has 0 atom stereocenters. The number of rotatable bonds is 6. The van der Waals surface area contributed by atoms with Gasteiger partial charge >= 0.3 is 0 Å². The van der Waals surface area contributed by atoms with Gasteiger partial charge in [0.2, 0.25) is 10.0 Å². The van der Waals surface area contributed by atoms with Crippen LogP contribution >= 0.6 is 15.9 Å². The summed E-state index contributed by atoms with van der Waals surface area (Å²) in [6.07, 6.45) is 1.10. The molecule has 0 fully saturated rings. The van der Waals surface area contributed by atoms with E-state index < -0.39 is 10.0 Å². The zero-order chi connectivity index (χ0) is 12.9. The summed E-state index contributed by atoms with van der Waals surface area (Å²) in [5, 5.41) is 2.95. The lowest BCUT2D eigenvalue weighted by atomic mass is 10.2. The topological polar surface area (TPSA) is 58.2 Å². The largest absolute Gasteiger partial charge is 0.311 e. The summed E-state index contributed by atoms with van der Waals surface area (Å²) in [4.78, 5) is 0. The highest BCUT2D eigenvalue weighted by Gasteiger charge is 2.02. The van der Waals surface area contributed by atoms with Gasteiger partial charge in [-0.15, -0.1) is 0 Å². The molecule has 17 heavy (non-hydrogen) atoms. The van der Waals surface area contributed by atoms with Crippen molar-refractivity contribution in [1.29, 1.82) is 0 Å². The van der Waals surface area contributed by atoms with Crippen LogP contribution in [0.1, 0.15) is 5.56 Å². The van der Waals surface area contributed by atoms with Gasteiger partial charge in [0, 0.05) is 29.7 Å². The summed E-state index contributed by atoms with van der Waals surface area (Å²) in [5.74, 6) is -0.289. The number of hydrogen-bond donors (Lipinski definition) is 2. The van der Waals surface area contributed by atoms with Gasteiger partial charge < -0.3 is 5.32 Å². The Hall–Kier alpha value is -0.500. The molecule has 4 nitrogen and oxygen atoms in total. The number of nitrogens with one attached hydrogen (secondary N) is 2. The van der Waals surface area contributed by atoms with Crippen LogP contribution in [0.5, 0.6) is 0 Å². The summed E-state index contributed by atoms with van der Waals surface area (Å²) >= 11 is 3.17. The monoisotopic (exact) mass is 324 g/mol. The molecule has 0 saturated carbocycles. The molecule has 2 N–H and O–H groups in total. The predicted molar refractivity (Wildman–Crippen MR) is 68.7 cm³/mol. The summed E-state index contributed by atoms with van der Waals surface area (Å²) in [5.41, 5.74) is 0.549. The number of hydrogen-bond acceptors (Lipinski definition) is 3. The van der Waals surface area contributed by atoms with Crippen LogP contribution in [0, 0.1) is 5.82 Å². The molecule has 0 saturated heterocycles. The third-order valence-corrected chi connectivity index (χ3v) is 3.22. The van der Waals surface area contributed by atoms with Crippen LogP contribution < -0.4 is 10.0 Å². The van der Waals surface area contributed by atoms with Crippen molar-refractivity contribution in [1.82, 2.24) is 10.0 Å². The minimum Gasteiger partial charge on any atom is -0.311 e. The van der Waals surface area contributed by atoms with Gasteiger partial charge in [-0.2, -0.15) is 0 Å². The molecule has 0 radical (unpaired) electrons. The molecule has 0 amide bonds. The summed E-state index contributed by atoms with van der Waals surface area (Å²) < 4.78 is 37.9. The molecule has 1 rings (SSSR count). The second-order valence-corrected chi connectivity index (χ2v) is 6.33. The third kappa shape index (κ3) is 6.11. The molecule has 1 aromatic rings. The molecule has 0 aliphatic heterocycles. The van der Waals surface area contributed by atoms with Crippen molar-refractivity contribution in [2.24, 2.45) is 0 Å². The van der Waals surface area contributed by atoms with E-state index in [-0.39, 0.29) is 12.4 Å². The van der Waals surface area contributed by atoms with Gasteiger partial charge in [0.05, 0.1) is 6.26 Å². The van der Waals surface area contributed by atoms with E-state index in [9.17, 15) is 12.8 Å². The third-order valence-electron chi connectivity index (χ3n) is 2.00. The van der Waals surface area contributed by atoms with Crippen LogP contribution in [0.4, 0.5) is 4.39 Å². The molecule has 0 aliphatic carbocycles. The fourth-order valence-corrected chi connectivity index (χ4v) is 2.02. The average molecular weight is 325 g/mol. The smallest absolute Gasteiger partial charge is 0.208 e. The summed E-state index contributed by atoms with van der Waals surface area (Å²) in [7, 11) is -3.15. The Bertz CT molecular complexity index is 479. The van der Waals surface area contributed by atoms with E-state index in [4.69, 9.17) is 0 Å². The summed E-state index contributed by atoms with van der Waals surface area (Å²) in [6, 6.07) is 4.83. The molecule has 0 heterocycles. The number of halogens is 2. The van der Waals surface area contributed by atoms with E-state index in [0.717, 1.165) is 6.26 Å². The van der Waals surface area contributed by atoms with E-state index in [0.29, 0.717) is 23.1 Å². The van der Waals surface area contributed by atoms with Crippen molar-refractivity contribution in [2.75, 3.05) is 19.3 Å². The number of benzene rings is 1. The van der Waals surface area contributed by atoms with Crippen molar-refractivity contribution in [3.8, 4) is 0 Å². The van der Waals surface area contributed by atoms with Gasteiger partial charge in [0.1, 0.15) is 5.82 Å². The van der Waals surface area contributed by atoms with Gasteiger partial charge in [0.15, 0.2) is 0 Å². The molecule has 0 aliphatic rings. The maximum atomic E-state index is 13.4. The van der Waals surface area contributed by atoms with E-state index in [1.54, 1.807) is 12.1 Å². The Kier molecular flexibility index (Phi) is 5.51. The Balaban J connectivity index is 2.32. The zero-order valence-corrected chi connectivity index (χ0v) is 11.7. The Labute approximate surface area is 109 Å². The lowest BCUT2D eigenvalue weighted by molar-refractivity contribution is 0.572. The van der Waals surface area contributed by atoms with Gasteiger partial charge in [-0.05, 0) is 12.1 Å². The van der Waals surface area contributed by atoms with Crippen LogP contribution in [0.25, 0.3) is 0 Å². The Morgan fingerprint density at radius 2 is 2.06 bits per heavy atom. The zero-order valence-electron chi connectivity index (χ0n) is 9.33. The highest BCUT2D eigenvalue weighted by molar-refractivity contribution is 9.10. The Morgan fingerprint density at radius 3 is 2.65 bits per heavy atom. The second-order valence-electron chi connectivity index (χ2n) is 3.58. The molecular weight excluding hydrogens is 311 g/mol. The summed E-state index contributed by atoms with van der Waals surface area (Å²) in [6.45, 7) is 1.10. The first-order valence-electron chi connectivity index (χ1n) is 4.98. The molecular formula is C10H14BrFN2O2S. The van der Waals surface area contributed by atoms with E-state index in [1.165, 1.54) is 6.07 Å². The minimum atomic E-state index is -3.15. The standard InChI is InChI=1S/C10H14BrFN2O2S/c1-17(15,16)14-5-4-13-7-8-2-3-9(11)6-10(8)12/h2-3,6,13-14H,4-5,7H2,1H3.